The molecule has 0 aromatic rings. The van der Waals surface area contributed by atoms with Crippen LogP contribution in [-0.2, 0) is 17.4 Å². The second kappa shape index (κ2) is 10.0. The van der Waals surface area contributed by atoms with Gasteiger partial charge in [0.1, 0.15) is 0 Å². The molecule has 0 saturated heterocycles. The minimum absolute atomic E-state index is 0. The van der Waals surface area contributed by atoms with Gasteiger partial charge in [-0.1, -0.05) is 0 Å². The second-order valence-corrected chi connectivity index (χ2v) is 0.447. The zero-order valence-corrected chi connectivity index (χ0v) is 5.03. The summed E-state index contributed by atoms with van der Waals surface area (Å²) in [5, 5.41) is 29.5. The van der Waals surface area contributed by atoms with Gasteiger partial charge in [-0.05, 0) is 0 Å². The fourth-order valence-corrected chi connectivity index (χ4v) is 0. The Hall–Kier alpha value is -1.07. The Balaban J connectivity index is -0.0000000720. The normalized spacial score (nSPS) is 5.33. The molecular formula is CrN2O6. The Kier molecular flexibility index (Phi) is 17.5. The molecule has 0 aliphatic rings. The van der Waals surface area contributed by atoms with E-state index in [0.29, 0.717) is 0 Å². The first-order valence-electron chi connectivity index (χ1n) is 1.10. The Labute approximate surface area is 59.1 Å². The molecule has 0 spiro atoms. The topological polar surface area (TPSA) is 132 Å². The van der Waals surface area contributed by atoms with Gasteiger partial charge in [-0.3, -0.25) is 0 Å². The van der Waals surface area contributed by atoms with Gasteiger partial charge in [0.2, 0.25) is 0 Å². The minimum Gasteiger partial charge on any atom is -0.356 e. The van der Waals surface area contributed by atoms with Crippen molar-refractivity contribution in [3.05, 3.63) is 30.6 Å². The van der Waals surface area contributed by atoms with Gasteiger partial charge < -0.3 is 30.6 Å². The van der Waals surface area contributed by atoms with Gasteiger partial charge in [0.05, 0.1) is 10.2 Å². The van der Waals surface area contributed by atoms with Crippen molar-refractivity contribution in [2.75, 3.05) is 0 Å². The molecule has 0 unspecified atom stereocenters. The Morgan fingerprint density at radius 1 is 0.778 bits per heavy atom. The van der Waals surface area contributed by atoms with E-state index < -0.39 is 10.2 Å². The van der Waals surface area contributed by atoms with Crippen LogP contribution in [0.15, 0.2) is 0 Å². The van der Waals surface area contributed by atoms with Crippen molar-refractivity contribution in [3.8, 4) is 0 Å². The average Bonchev–Trinajstić information content (AvgIpc) is 1.25. The van der Waals surface area contributed by atoms with Crippen molar-refractivity contribution in [3.63, 3.8) is 0 Å². The van der Waals surface area contributed by atoms with E-state index in [-0.39, 0.29) is 17.4 Å². The summed E-state index contributed by atoms with van der Waals surface area (Å²) in [5.74, 6) is 0. The first-order valence-corrected chi connectivity index (χ1v) is 1.10. The molecule has 0 aliphatic carbocycles. The molecule has 0 N–H and O–H groups in total. The first-order chi connectivity index (χ1) is 3.46. The van der Waals surface area contributed by atoms with E-state index in [0.717, 1.165) is 0 Å². The summed E-state index contributed by atoms with van der Waals surface area (Å²) in [4.78, 5) is 16.5. The minimum atomic E-state index is -1.75. The van der Waals surface area contributed by atoms with Gasteiger partial charge in [0.25, 0.3) is 0 Å². The summed E-state index contributed by atoms with van der Waals surface area (Å²) in [5.41, 5.74) is 0. The average molecular weight is 176 g/mol. The standard InChI is InChI=1S/Cr.2NO3/c;2*2-1(3)4/q+2;2*-1. The molecule has 9 heavy (non-hydrogen) atoms. The van der Waals surface area contributed by atoms with Crippen LogP contribution in [0.25, 0.3) is 0 Å². The molecule has 0 aromatic carbocycles. The molecule has 0 aromatic heterocycles. The summed E-state index contributed by atoms with van der Waals surface area (Å²) in [7, 11) is 0. The van der Waals surface area contributed by atoms with Crippen LogP contribution in [0.1, 0.15) is 0 Å². The van der Waals surface area contributed by atoms with E-state index >= 15 is 0 Å². The third kappa shape index (κ3) is 148. The van der Waals surface area contributed by atoms with E-state index in [1.807, 2.05) is 0 Å². The summed E-state index contributed by atoms with van der Waals surface area (Å²) < 4.78 is 0. The van der Waals surface area contributed by atoms with Crippen molar-refractivity contribution >= 4 is 0 Å². The van der Waals surface area contributed by atoms with Crippen LogP contribution in [0.3, 0.4) is 0 Å². The fourth-order valence-electron chi connectivity index (χ4n) is 0. The first kappa shape index (κ1) is 15.7. The molecule has 0 amide bonds. The number of nitrogens with zero attached hydrogens (tertiary/aromatic N) is 2. The smallest absolute Gasteiger partial charge is 0.356 e. The van der Waals surface area contributed by atoms with Gasteiger partial charge in [-0.15, -0.1) is 0 Å². The quantitative estimate of drug-likeness (QED) is 0.361. The van der Waals surface area contributed by atoms with Gasteiger partial charge in [0.15, 0.2) is 0 Å². The molecule has 8 nitrogen and oxygen atoms in total. The Morgan fingerprint density at radius 3 is 0.778 bits per heavy atom. The molecule has 0 rings (SSSR count). The number of hydrogen-bond donors (Lipinski definition) is 0. The molecular weight excluding hydrogens is 176 g/mol. The van der Waals surface area contributed by atoms with Crippen LogP contribution >= 0.6 is 0 Å². The third-order valence-electron chi connectivity index (χ3n) is 0. The van der Waals surface area contributed by atoms with Crippen LogP contribution in [0.2, 0.25) is 0 Å². The number of hydrogen-bond acceptors (Lipinski definition) is 6. The zero-order chi connectivity index (χ0) is 7.15. The van der Waals surface area contributed by atoms with E-state index in [1.54, 1.807) is 0 Å². The van der Waals surface area contributed by atoms with Crippen LogP contribution in [-0.4, -0.2) is 10.2 Å². The summed E-state index contributed by atoms with van der Waals surface area (Å²) >= 11 is 0. The number of rotatable bonds is 0. The molecule has 0 atom stereocenters. The molecule has 0 bridgehead atoms. The predicted molar refractivity (Wildman–Crippen MR) is 20.7 cm³/mol. The zero-order valence-electron chi connectivity index (χ0n) is 3.75. The van der Waals surface area contributed by atoms with Crippen molar-refractivity contribution in [2.45, 2.75) is 0 Å². The molecule has 9 heteroatoms. The summed E-state index contributed by atoms with van der Waals surface area (Å²) in [6.07, 6.45) is 0. The monoisotopic (exact) mass is 176 g/mol. The van der Waals surface area contributed by atoms with Gasteiger partial charge in [-0.25, -0.2) is 0 Å². The van der Waals surface area contributed by atoms with Crippen LogP contribution in [0, 0.1) is 30.6 Å². The van der Waals surface area contributed by atoms with Crippen LogP contribution < -0.4 is 0 Å². The molecule has 52 valence electrons. The maximum absolute atomic E-state index is 8.25. The molecule has 0 saturated carbocycles. The SMILES string of the molecule is O=[N+]([O-])[O-].O=[N+]([O-])[O-].[Cr+2]. The van der Waals surface area contributed by atoms with E-state index in [1.165, 1.54) is 0 Å². The Morgan fingerprint density at radius 2 is 0.778 bits per heavy atom. The van der Waals surface area contributed by atoms with Crippen LogP contribution in [0.4, 0.5) is 0 Å². The van der Waals surface area contributed by atoms with Crippen molar-refractivity contribution < 1.29 is 27.5 Å². The predicted octanol–water partition coefficient (Wildman–Crippen LogP) is -0.481. The van der Waals surface area contributed by atoms with Gasteiger partial charge in [0, 0.05) is 0 Å². The molecule has 0 heterocycles. The largest absolute Gasteiger partial charge is 2.00 e. The third-order valence-corrected chi connectivity index (χ3v) is 0. The fraction of sp³-hybridized carbons (Fsp3) is 0. The van der Waals surface area contributed by atoms with Crippen LogP contribution in [0.5, 0.6) is 0 Å². The van der Waals surface area contributed by atoms with E-state index in [9.17, 15) is 0 Å². The maximum Gasteiger partial charge on any atom is 2.00 e. The summed E-state index contributed by atoms with van der Waals surface area (Å²) in [6.45, 7) is 0. The van der Waals surface area contributed by atoms with Crippen molar-refractivity contribution in [1.82, 2.24) is 0 Å². The van der Waals surface area contributed by atoms with Crippen molar-refractivity contribution in [2.24, 2.45) is 0 Å². The summed E-state index contributed by atoms with van der Waals surface area (Å²) in [6, 6.07) is 0. The Bertz CT molecular complexity index is 69.1. The maximum atomic E-state index is 8.25. The van der Waals surface area contributed by atoms with E-state index in [2.05, 4.69) is 0 Å². The van der Waals surface area contributed by atoms with Crippen molar-refractivity contribution in [1.29, 1.82) is 0 Å². The molecule has 0 fully saturated rings. The molecule has 0 aliphatic heterocycles. The van der Waals surface area contributed by atoms with Gasteiger partial charge >= 0.3 is 17.4 Å². The second-order valence-electron chi connectivity index (χ2n) is 0.447. The molecule has 0 radical (unpaired) electrons. The van der Waals surface area contributed by atoms with Gasteiger partial charge in [-0.2, -0.15) is 0 Å². The van der Waals surface area contributed by atoms with E-state index in [4.69, 9.17) is 30.6 Å².